The summed E-state index contributed by atoms with van der Waals surface area (Å²) in [5.41, 5.74) is 2.92. The van der Waals surface area contributed by atoms with Gasteiger partial charge in [0.1, 0.15) is 5.82 Å². The van der Waals surface area contributed by atoms with Crippen molar-refractivity contribution >= 4 is 5.69 Å². The van der Waals surface area contributed by atoms with Gasteiger partial charge in [-0.15, -0.1) is 0 Å². The average molecular weight is 286 g/mol. The smallest absolute Gasteiger partial charge is 0.128 e. The van der Waals surface area contributed by atoms with Gasteiger partial charge in [0.2, 0.25) is 0 Å². The molecule has 3 heteroatoms. The lowest BCUT2D eigenvalue weighted by molar-refractivity contribution is 0.547. The molecule has 112 valence electrons. The third-order valence-electron chi connectivity index (χ3n) is 3.56. The quantitative estimate of drug-likeness (QED) is 0.864. The van der Waals surface area contributed by atoms with Crippen LogP contribution in [0.5, 0.6) is 0 Å². The van der Waals surface area contributed by atoms with Crippen molar-refractivity contribution in [1.29, 1.82) is 0 Å². The van der Waals surface area contributed by atoms with E-state index in [-0.39, 0.29) is 11.9 Å². The molecule has 0 aromatic heterocycles. The van der Waals surface area contributed by atoms with Crippen molar-refractivity contribution in [2.24, 2.45) is 0 Å². The summed E-state index contributed by atoms with van der Waals surface area (Å²) < 4.78 is 14.1. The molecule has 0 aliphatic carbocycles. The van der Waals surface area contributed by atoms with Crippen LogP contribution < -0.4 is 10.2 Å². The first-order chi connectivity index (χ1) is 10.1. The first kappa shape index (κ1) is 15.5. The molecular formula is C18H23FN2. The summed E-state index contributed by atoms with van der Waals surface area (Å²) in [4.78, 5) is 2.06. The van der Waals surface area contributed by atoms with Gasteiger partial charge in [-0.1, -0.05) is 37.3 Å². The molecule has 2 nitrogen and oxygen atoms in total. The highest BCUT2D eigenvalue weighted by Crippen LogP contribution is 2.26. The average Bonchev–Trinajstić information content (AvgIpc) is 2.50. The predicted octanol–water partition coefficient (Wildman–Crippen LogP) is 3.98. The summed E-state index contributed by atoms with van der Waals surface area (Å²) in [5, 5.41) is 3.44. The molecule has 0 aliphatic rings. The van der Waals surface area contributed by atoms with E-state index in [4.69, 9.17) is 0 Å². The third kappa shape index (κ3) is 3.82. The molecule has 0 heterocycles. The Hall–Kier alpha value is -1.87. The minimum absolute atomic E-state index is 0.109. The SMILES string of the molecule is CCCNC(c1ccc(N(C)C)cc1)c1ccccc1F. The van der Waals surface area contributed by atoms with E-state index in [0.717, 1.165) is 24.2 Å². The Morgan fingerprint density at radius 1 is 1.05 bits per heavy atom. The first-order valence-corrected chi connectivity index (χ1v) is 7.38. The molecule has 0 spiro atoms. The number of rotatable bonds is 6. The highest BCUT2D eigenvalue weighted by atomic mass is 19.1. The van der Waals surface area contributed by atoms with Gasteiger partial charge in [0.15, 0.2) is 0 Å². The van der Waals surface area contributed by atoms with Crippen LogP contribution in [0.15, 0.2) is 48.5 Å². The van der Waals surface area contributed by atoms with Crippen molar-refractivity contribution in [3.8, 4) is 0 Å². The van der Waals surface area contributed by atoms with E-state index in [2.05, 4.69) is 41.4 Å². The third-order valence-corrected chi connectivity index (χ3v) is 3.56. The lowest BCUT2D eigenvalue weighted by Crippen LogP contribution is -2.24. The van der Waals surface area contributed by atoms with Gasteiger partial charge >= 0.3 is 0 Å². The van der Waals surface area contributed by atoms with Gasteiger partial charge in [0, 0.05) is 25.3 Å². The van der Waals surface area contributed by atoms with Gasteiger partial charge in [0.25, 0.3) is 0 Å². The highest BCUT2D eigenvalue weighted by molar-refractivity contribution is 5.47. The van der Waals surface area contributed by atoms with Crippen LogP contribution in [0.2, 0.25) is 0 Å². The number of halogens is 1. The minimum atomic E-state index is -0.164. The number of anilines is 1. The van der Waals surface area contributed by atoms with E-state index in [9.17, 15) is 4.39 Å². The highest BCUT2D eigenvalue weighted by Gasteiger charge is 2.16. The lowest BCUT2D eigenvalue weighted by Gasteiger charge is -2.21. The van der Waals surface area contributed by atoms with Crippen molar-refractivity contribution in [2.45, 2.75) is 19.4 Å². The van der Waals surface area contributed by atoms with Crippen molar-refractivity contribution in [3.05, 3.63) is 65.5 Å². The Morgan fingerprint density at radius 3 is 2.29 bits per heavy atom. The van der Waals surface area contributed by atoms with Gasteiger partial charge in [-0.2, -0.15) is 0 Å². The van der Waals surface area contributed by atoms with Crippen LogP contribution >= 0.6 is 0 Å². The van der Waals surface area contributed by atoms with Crippen LogP contribution in [0.25, 0.3) is 0 Å². The molecule has 0 saturated carbocycles. The van der Waals surface area contributed by atoms with Gasteiger partial charge in [0.05, 0.1) is 6.04 Å². The summed E-state index contributed by atoms with van der Waals surface area (Å²) in [5.74, 6) is -0.164. The normalized spacial score (nSPS) is 12.2. The second kappa shape index (κ2) is 7.23. The van der Waals surface area contributed by atoms with Crippen LogP contribution in [-0.4, -0.2) is 20.6 Å². The standard InChI is InChI=1S/C18H23FN2/c1-4-13-20-18(16-7-5-6-8-17(16)19)14-9-11-15(12-10-14)21(2)3/h5-12,18,20H,4,13H2,1-3H3. The number of nitrogens with zero attached hydrogens (tertiary/aromatic N) is 1. The summed E-state index contributed by atoms with van der Waals surface area (Å²) in [6, 6.07) is 15.1. The second-order valence-corrected chi connectivity index (χ2v) is 5.39. The summed E-state index contributed by atoms with van der Waals surface area (Å²) >= 11 is 0. The molecule has 1 atom stereocenters. The van der Waals surface area contributed by atoms with Crippen molar-refractivity contribution in [2.75, 3.05) is 25.5 Å². The molecule has 1 N–H and O–H groups in total. The zero-order valence-corrected chi connectivity index (χ0v) is 12.9. The molecule has 2 aromatic rings. The van der Waals surface area contributed by atoms with E-state index >= 15 is 0 Å². The van der Waals surface area contributed by atoms with Crippen LogP contribution in [0.3, 0.4) is 0 Å². The summed E-state index contributed by atoms with van der Waals surface area (Å²) in [6.45, 7) is 2.97. The number of nitrogens with one attached hydrogen (secondary N) is 1. The monoisotopic (exact) mass is 286 g/mol. The van der Waals surface area contributed by atoms with E-state index in [1.807, 2.05) is 26.2 Å². The molecule has 21 heavy (non-hydrogen) atoms. The predicted molar refractivity (Wildman–Crippen MR) is 87.3 cm³/mol. The fraction of sp³-hybridized carbons (Fsp3) is 0.333. The van der Waals surface area contributed by atoms with Gasteiger partial charge < -0.3 is 10.2 Å². The Balaban J connectivity index is 2.33. The molecule has 0 radical (unpaired) electrons. The zero-order chi connectivity index (χ0) is 15.2. The Labute approximate surface area is 126 Å². The second-order valence-electron chi connectivity index (χ2n) is 5.39. The van der Waals surface area contributed by atoms with E-state index in [1.54, 1.807) is 6.07 Å². The van der Waals surface area contributed by atoms with Crippen LogP contribution in [0.4, 0.5) is 10.1 Å². The van der Waals surface area contributed by atoms with E-state index < -0.39 is 0 Å². The topological polar surface area (TPSA) is 15.3 Å². The van der Waals surface area contributed by atoms with Crippen molar-refractivity contribution in [3.63, 3.8) is 0 Å². The molecule has 2 aromatic carbocycles. The fourth-order valence-corrected chi connectivity index (χ4v) is 2.37. The Kier molecular flexibility index (Phi) is 5.34. The minimum Gasteiger partial charge on any atom is -0.378 e. The Bertz CT molecular complexity index is 564. The van der Waals surface area contributed by atoms with Crippen LogP contribution in [0, 0.1) is 5.82 Å². The van der Waals surface area contributed by atoms with E-state index in [0.29, 0.717) is 5.56 Å². The molecule has 0 saturated heterocycles. The fourth-order valence-electron chi connectivity index (χ4n) is 2.37. The largest absolute Gasteiger partial charge is 0.378 e. The lowest BCUT2D eigenvalue weighted by atomic mass is 9.97. The van der Waals surface area contributed by atoms with E-state index in [1.165, 1.54) is 6.07 Å². The maximum atomic E-state index is 14.1. The summed E-state index contributed by atoms with van der Waals surface area (Å²) in [7, 11) is 4.03. The number of hydrogen-bond acceptors (Lipinski definition) is 2. The maximum absolute atomic E-state index is 14.1. The van der Waals surface area contributed by atoms with Crippen LogP contribution in [0.1, 0.15) is 30.5 Å². The first-order valence-electron chi connectivity index (χ1n) is 7.38. The van der Waals surface area contributed by atoms with Crippen LogP contribution in [-0.2, 0) is 0 Å². The van der Waals surface area contributed by atoms with Gasteiger partial charge in [-0.25, -0.2) is 4.39 Å². The maximum Gasteiger partial charge on any atom is 0.128 e. The molecule has 0 fully saturated rings. The zero-order valence-electron chi connectivity index (χ0n) is 12.9. The number of benzene rings is 2. The van der Waals surface area contributed by atoms with Crippen molar-refractivity contribution in [1.82, 2.24) is 5.32 Å². The van der Waals surface area contributed by atoms with Gasteiger partial charge in [-0.05, 0) is 36.7 Å². The number of hydrogen-bond donors (Lipinski definition) is 1. The Morgan fingerprint density at radius 2 is 1.71 bits per heavy atom. The van der Waals surface area contributed by atoms with Crippen molar-refractivity contribution < 1.29 is 4.39 Å². The summed E-state index contributed by atoms with van der Waals surface area (Å²) in [6.07, 6.45) is 1.01. The molecule has 1 unspecified atom stereocenters. The molecular weight excluding hydrogens is 263 g/mol. The molecule has 0 aliphatic heterocycles. The molecule has 2 rings (SSSR count). The molecule has 0 bridgehead atoms. The molecule has 0 amide bonds. The van der Waals surface area contributed by atoms with Gasteiger partial charge in [-0.3, -0.25) is 0 Å².